The summed E-state index contributed by atoms with van der Waals surface area (Å²) >= 11 is 0. The lowest BCUT2D eigenvalue weighted by molar-refractivity contribution is 0.193. The molecule has 0 saturated heterocycles. The van der Waals surface area contributed by atoms with Crippen LogP contribution in [0.5, 0.6) is 0 Å². The number of nitrogens with zero attached hydrogens (tertiary/aromatic N) is 2. The number of carboxylic acid groups (broad SMARTS) is 1. The third-order valence-electron chi connectivity index (χ3n) is 3.13. The minimum Gasteiger partial charge on any atom is -0.465 e. The Balaban J connectivity index is 1.99. The highest BCUT2D eigenvalue weighted by atomic mass is 19.1. The van der Waals surface area contributed by atoms with Crippen LogP contribution in [0.1, 0.15) is 12.5 Å². The number of hydrogen-bond donors (Lipinski definition) is 3. The summed E-state index contributed by atoms with van der Waals surface area (Å²) in [6, 6.07) is 4.37. The molecular formula is C15H16F2N4O2. The van der Waals surface area contributed by atoms with Gasteiger partial charge in [-0.15, -0.1) is 0 Å². The lowest BCUT2D eigenvalue weighted by Crippen LogP contribution is -2.38. The van der Waals surface area contributed by atoms with Crippen molar-refractivity contribution in [3.8, 4) is 11.4 Å². The van der Waals surface area contributed by atoms with Gasteiger partial charge >= 0.3 is 6.09 Å². The molecule has 122 valence electrons. The van der Waals surface area contributed by atoms with Gasteiger partial charge in [0.2, 0.25) is 0 Å². The summed E-state index contributed by atoms with van der Waals surface area (Å²) in [6.07, 6.45) is 0.938. The van der Waals surface area contributed by atoms with Crippen molar-refractivity contribution < 1.29 is 18.7 Å². The molecular weight excluding hydrogens is 306 g/mol. The Morgan fingerprint density at radius 1 is 1.30 bits per heavy atom. The Labute approximate surface area is 131 Å². The number of carbonyl (C=O) groups is 1. The number of halogens is 2. The van der Waals surface area contributed by atoms with Gasteiger partial charge in [0.1, 0.15) is 5.82 Å². The molecule has 2 aromatic rings. The van der Waals surface area contributed by atoms with Gasteiger partial charge in [-0.05, 0) is 13.0 Å². The third-order valence-corrected chi connectivity index (χ3v) is 3.13. The highest BCUT2D eigenvalue weighted by Crippen LogP contribution is 2.18. The van der Waals surface area contributed by atoms with E-state index in [2.05, 4.69) is 20.6 Å². The number of aromatic nitrogens is 2. The van der Waals surface area contributed by atoms with Gasteiger partial charge in [0.05, 0.1) is 12.4 Å². The van der Waals surface area contributed by atoms with E-state index in [1.54, 1.807) is 19.1 Å². The summed E-state index contributed by atoms with van der Waals surface area (Å²) in [5, 5.41) is 13.8. The summed E-state index contributed by atoms with van der Waals surface area (Å²) in [7, 11) is 0. The Kier molecular flexibility index (Phi) is 5.53. The van der Waals surface area contributed by atoms with E-state index in [1.165, 1.54) is 6.07 Å². The molecule has 0 aliphatic heterocycles. The van der Waals surface area contributed by atoms with E-state index in [4.69, 9.17) is 5.11 Å². The molecule has 3 N–H and O–H groups in total. The van der Waals surface area contributed by atoms with Gasteiger partial charge in [-0.25, -0.2) is 23.5 Å². The molecule has 8 heteroatoms. The van der Waals surface area contributed by atoms with Crippen LogP contribution in [0.3, 0.4) is 0 Å². The Hall–Kier alpha value is -2.61. The summed E-state index contributed by atoms with van der Waals surface area (Å²) < 4.78 is 26.9. The van der Waals surface area contributed by atoms with Gasteiger partial charge in [0, 0.05) is 30.3 Å². The molecule has 0 radical (unpaired) electrons. The molecule has 0 bridgehead atoms. The number of amides is 1. The van der Waals surface area contributed by atoms with Gasteiger partial charge in [-0.1, -0.05) is 12.1 Å². The van der Waals surface area contributed by atoms with E-state index >= 15 is 0 Å². The maximum atomic E-state index is 14.1. The van der Waals surface area contributed by atoms with Crippen LogP contribution in [-0.2, 0) is 6.54 Å². The van der Waals surface area contributed by atoms with Crippen molar-refractivity contribution in [3.63, 3.8) is 0 Å². The zero-order valence-electron chi connectivity index (χ0n) is 12.4. The minimum absolute atomic E-state index is 0.148. The molecule has 6 nitrogen and oxygen atoms in total. The molecule has 0 saturated carbocycles. The highest BCUT2D eigenvalue weighted by Gasteiger charge is 2.09. The summed E-state index contributed by atoms with van der Waals surface area (Å²) in [5.41, 5.74) is 0.880. The average Bonchev–Trinajstić information content (AvgIpc) is 2.52. The largest absolute Gasteiger partial charge is 0.465 e. The zero-order chi connectivity index (χ0) is 16.8. The smallest absolute Gasteiger partial charge is 0.404 e. The molecule has 0 spiro atoms. The second-order valence-corrected chi connectivity index (χ2v) is 5.00. The van der Waals surface area contributed by atoms with Gasteiger partial charge in [-0.3, -0.25) is 0 Å². The first-order valence-corrected chi connectivity index (χ1v) is 6.92. The van der Waals surface area contributed by atoms with Crippen molar-refractivity contribution in [3.05, 3.63) is 47.8 Å². The standard InChI is InChI=1S/C15H16F2N4O2/c1-9(5-21-15(22)23)18-6-11-3-2-10(4-13(11)17)14-19-7-12(16)8-20-14/h2-4,7-9,18,21H,5-6H2,1H3,(H,22,23). The first-order chi connectivity index (χ1) is 11.0. The Morgan fingerprint density at radius 3 is 2.61 bits per heavy atom. The molecule has 1 aromatic carbocycles. The number of hydrogen-bond acceptors (Lipinski definition) is 4. The fourth-order valence-corrected chi connectivity index (χ4v) is 1.89. The molecule has 23 heavy (non-hydrogen) atoms. The predicted octanol–water partition coefficient (Wildman–Crippen LogP) is 2.17. The first-order valence-electron chi connectivity index (χ1n) is 6.92. The molecule has 1 heterocycles. The molecule has 1 amide bonds. The van der Waals surface area contributed by atoms with Crippen molar-refractivity contribution in [2.24, 2.45) is 0 Å². The number of nitrogens with one attached hydrogen (secondary N) is 2. The van der Waals surface area contributed by atoms with Crippen LogP contribution < -0.4 is 10.6 Å². The van der Waals surface area contributed by atoms with Crippen molar-refractivity contribution in [2.45, 2.75) is 19.5 Å². The number of rotatable bonds is 6. The summed E-state index contributed by atoms with van der Waals surface area (Å²) in [4.78, 5) is 18.0. The normalized spacial score (nSPS) is 12.0. The van der Waals surface area contributed by atoms with Crippen LogP contribution in [0.25, 0.3) is 11.4 Å². The third kappa shape index (κ3) is 4.96. The maximum absolute atomic E-state index is 14.1. The monoisotopic (exact) mass is 322 g/mol. The second-order valence-electron chi connectivity index (χ2n) is 5.00. The lowest BCUT2D eigenvalue weighted by atomic mass is 10.1. The molecule has 0 aliphatic carbocycles. The first kappa shape index (κ1) is 16.8. The fourth-order valence-electron chi connectivity index (χ4n) is 1.89. The maximum Gasteiger partial charge on any atom is 0.404 e. The van der Waals surface area contributed by atoms with Crippen molar-refractivity contribution in [1.29, 1.82) is 0 Å². The van der Waals surface area contributed by atoms with E-state index in [0.717, 1.165) is 12.4 Å². The van der Waals surface area contributed by atoms with Crippen LogP contribution in [0.15, 0.2) is 30.6 Å². The lowest BCUT2D eigenvalue weighted by Gasteiger charge is -2.14. The highest BCUT2D eigenvalue weighted by molar-refractivity contribution is 5.64. The molecule has 0 aliphatic rings. The predicted molar refractivity (Wildman–Crippen MR) is 79.7 cm³/mol. The van der Waals surface area contributed by atoms with Gasteiger partial charge in [-0.2, -0.15) is 0 Å². The van der Waals surface area contributed by atoms with Gasteiger partial charge < -0.3 is 15.7 Å². The van der Waals surface area contributed by atoms with Crippen molar-refractivity contribution in [2.75, 3.05) is 6.54 Å². The molecule has 1 aromatic heterocycles. The van der Waals surface area contributed by atoms with Crippen LogP contribution >= 0.6 is 0 Å². The van der Waals surface area contributed by atoms with Crippen LogP contribution in [0.2, 0.25) is 0 Å². The van der Waals surface area contributed by atoms with Crippen LogP contribution in [0.4, 0.5) is 13.6 Å². The van der Waals surface area contributed by atoms with Crippen LogP contribution in [0, 0.1) is 11.6 Å². The summed E-state index contributed by atoms with van der Waals surface area (Å²) in [6.45, 7) is 2.26. The van der Waals surface area contributed by atoms with Crippen molar-refractivity contribution in [1.82, 2.24) is 20.6 Å². The van der Waals surface area contributed by atoms with Gasteiger partial charge in [0.15, 0.2) is 11.6 Å². The average molecular weight is 322 g/mol. The topological polar surface area (TPSA) is 87.1 Å². The van der Waals surface area contributed by atoms with E-state index in [0.29, 0.717) is 11.1 Å². The second kappa shape index (κ2) is 7.59. The Morgan fingerprint density at radius 2 is 2.00 bits per heavy atom. The fraction of sp³-hybridized carbons (Fsp3) is 0.267. The minimum atomic E-state index is -1.10. The van der Waals surface area contributed by atoms with E-state index in [-0.39, 0.29) is 25.0 Å². The SMILES string of the molecule is CC(CNC(=O)O)NCc1ccc(-c2ncc(F)cn2)cc1F. The summed E-state index contributed by atoms with van der Waals surface area (Å²) in [5.74, 6) is -0.760. The molecule has 1 unspecified atom stereocenters. The molecule has 2 rings (SSSR count). The van der Waals surface area contributed by atoms with Crippen molar-refractivity contribution >= 4 is 6.09 Å². The van der Waals surface area contributed by atoms with E-state index in [9.17, 15) is 13.6 Å². The molecule has 0 fully saturated rings. The van der Waals surface area contributed by atoms with E-state index < -0.39 is 17.7 Å². The molecule has 1 atom stereocenters. The van der Waals surface area contributed by atoms with Gasteiger partial charge in [0.25, 0.3) is 0 Å². The Bertz CT molecular complexity index is 680. The van der Waals surface area contributed by atoms with Crippen LogP contribution in [-0.4, -0.2) is 33.8 Å². The number of benzene rings is 1. The quantitative estimate of drug-likeness (QED) is 0.759. The van der Waals surface area contributed by atoms with E-state index in [1.807, 2.05) is 0 Å². The zero-order valence-corrected chi connectivity index (χ0v) is 12.4.